The van der Waals surface area contributed by atoms with Crippen LogP contribution in [0.15, 0.2) is 47.7 Å². The first-order chi connectivity index (χ1) is 15.3. The van der Waals surface area contributed by atoms with E-state index in [0.717, 1.165) is 51.2 Å². The number of halogens is 1. The monoisotopic (exact) mass is 549 g/mol. The number of benzene rings is 1. The Balaban J connectivity index is 0.00000289. The number of piperazine rings is 1. The fraction of sp³-hybridized carbons (Fsp3) is 0.542. The lowest BCUT2D eigenvalue weighted by atomic mass is 10.1. The van der Waals surface area contributed by atoms with Crippen molar-refractivity contribution in [2.75, 3.05) is 50.7 Å². The molecule has 0 amide bonds. The van der Waals surface area contributed by atoms with Crippen LogP contribution in [0.5, 0.6) is 0 Å². The van der Waals surface area contributed by atoms with E-state index in [-0.39, 0.29) is 24.0 Å². The maximum Gasteiger partial charge on any atom is 0.225 e. The fourth-order valence-corrected chi connectivity index (χ4v) is 4.29. The van der Waals surface area contributed by atoms with Crippen LogP contribution >= 0.6 is 24.0 Å². The highest BCUT2D eigenvalue weighted by Gasteiger charge is 2.21. The Morgan fingerprint density at radius 2 is 1.56 bits per heavy atom. The highest BCUT2D eigenvalue weighted by molar-refractivity contribution is 14.0. The molecule has 0 aliphatic carbocycles. The maximum atomic E-state index is 4.92. The Bertz CT molecular complexity index is 814. The van der Waals surface area contributed by atoms with Crippen molar-refractivity contribution in [1.29, 1.82) is 0 Å². The smallest absolute Gasteiger partial charge is 0.225 e. The van der Waals surface area contributed by atoms with Gasteiger partial charge in [-0.1, -0.05) is 30.7 Å². The van der Waals surface area contributed by atoms with Crippen LogP contribution in [0.3, 0.4) is 0 Å². The van der Waals surface area contributed by atoms with E-state index < -0.39 is 0 Å². The van der Waals surface area contributed by atoms with Crippen molar-refractivity contribution in [2.45, 2.75) is 39.3 Å². The van der Waals surface area contributed by atoms with Gasteiger partial charge in [0, 0.05) is 51.7 Å². The van der Waals surface area contributed by atoms with Gasteiger partial charge in [-0.3, -0.25) is 4.90 Å². The number of likely N-dealkylation sites (tertiary alicyclic amines) is 1. The molecule has 174 valence electrons. The largest absolute Gasteiger partial charge is 0.357 e. The lowest BCUT2D eigenvalue weighted by molar-refractivity contribution is 0.221. The molecule has 2 saturated heterocycles. The number of guanidine groups is 1. The van der Waals surface area contributed by atoms with E-state index in [0.29, 0.717) is 6.54 Å². The van der Waals surface area contributed by atoms with E-state index in [2.05, 4.69) is 61.2 Å². The summed E-state index contributed by atoms with van der Waals surface area (Å²) in [7, 11) is 0. The highest BCUT2D eigenvalue weighted by atomic mass is 127. The molecule has 0 atom stereocenters. The van der Waals surface area contributed by atoms with Gasteiger partial charge in [0.05, 0.1) is 6.54 Å². The number of aromatic nitrogens is 2. The minimum atomic E-state index is 0. The molecule has 7 nitrogen and oxygen atoms in total. The Kier molecular flexibility index (Phi) is 9.98. The fourth-order valence-electron chi connectivity index (χ4n) is 4.29. The molecule has 0 spiro atoms. The number of nitrogens with zero attached hydrogens (tertiary/aromatic N) is 6. The Morgan fingerprint density at radius 3 is 2.22 bits per heavy atom. The number of anilines is 1. The summed E-state index contributed by atoms with van der Waals surface area (Å²) in [6, 6.07) is 10.9. The molecule has 0 radical (unpaired) electrons. The third-order valence-electron chi connectivity index (χ3n) is 6.04. The van der Waals surface area contributed by atoms with Crippen LogP contribution in [0.4, 0.5) is 5.95 Å². The minimum Gasteiger partial charge on any atom is -0.357 e. The molecule has 1 N–H and O–H groups in total. The molecule has 0 saturated carbocycles. The third kappa shape index (κ3) is 7.03. The van der Waals surface area contributed by atoms with Gasteiger partial charge in [-0.2, -0.15) is 0 Å². The quantitative estimate of drug-likeness (QED) is 0.339. The van der Waals surface area contributed by atoms with Gasteiger partial charge >= 0.3 is 0 Å². The molecule has 1 aromatic carbocycles. The van der Waals surface area contributed by atoms with Crippen LogP contribution in [0.25, 0.3) is 0 Å². The number of aliphatic imine (C=N–C) groups is 1. The first-order valence-corrected chi connectivity index (χ1v) is 11.7. The zero-order chi connectivity index (χ0) is 21.3. The van der Waals surface area contributed by atoms with Crippen LogP contribution in [0.2, 0.25) is 0 Å². The summed E-state index contributed by atoms with van der Waals surface area (Å²) in [5.41, 5.74) is 2.66. The Morgan fingerprint density at radius 1 is 0.906 bits per heavy atom. The van der Waals surface area contributed by atoms with Gasteiger partial charge in [-0.25, -0.2) is 15.0 Å². The van der Waals surface area contributed by atoms with Crippen molar-refractivity contribution in [2.24, 2.45) is 4.99 Å². The van der Waals surface area contributed by atoms with E-state index in [1.54, 1.807) is 12.4 Å². The van der Waals surface area contributed by atoms with Crippen molar-refractivity contribution >= 4 is 35.9 Å². The molecule has 2 fully saturated rings. The number of hydrogen-bond donors (Lipinski definition) is 1. The summed E-state index contributed by atoms with van der Waals surface area (Å²) in [6.07, 6.45) is 7.67. The van der Waals surface area contributed by atoms with Crippen LogP contribution in [-0.4, -0.2) is 71.5 Å². The topological polar surface area (TPSA) is 59.9 Å². The van der Waals surface area contributed by atoms with Crippen molar-refractivity contribution in [3.8, 4) is 0 Å². The third-order valence-corrected chi connectivity index (χ3v) is 6.04. The second-order valence-electron chi connectivity index (χ2n) is 8.35. The van der Waals surface area contributed by atoms with Gasteiger partial charge in [0.2, 0.25) is 5.95 Å². The zero-order valence-electron chi connectivity index (χ0n) is 19.1. The van der Waals surface area contributed by atoms with E-state index in [9.17, 15) is 0 Å². The number of rotatable bonds is 6. The normalized spacial score (nSPS) is 17.7. The van der Waals surface area contributed by atoms with E-state index in [4.69, 9.17) is 4.99 Å². The minimum absolute atomic E-state index is 0. The van der Waals surface area contributed by atoms with Crippen LogP contribution < -0.4 is 10.2 Å². The zero-order valence-corrected chi connectivity index (χ0v) is 21.4. The molecule has 2 aromatic rings. The number of nitrogens with one attached hydrogen (secondary N) is 1. The first-order valence-electron chi connectivity index (χ1n) is 11.7. The molecule has 1 aromatic heterocycles. The predicted octanol–water partition coefficient (Wildman–Crippen LogP) is 3.37. The van der Waals surface area contributed by atoms with Gasteiger partial charge < -0.3 is 15.1 Å². The molecule has 3 heterocycles. The molecule has 0 unspecified atom stereocenters. The van der Waals surface area contributed by atoms with Crippen LogP contribution in [0.1, 0.15) is 37.3 Å². The van der Waals surface area contributed by atoms with E-state index in [1.165, 1.54) is 43.5 Å². The summed E-state index contributed by atoms with van der Waals surface area (Å²) in [5.74, 6) is 1.81. The van der Waals surface area contributed by atoms with Crippen LogP contribution in [0, 0.1) is 0 Å². The van der Waals surface area contributed by atoms with E-state index in [1.807, 2.05) is 6.07 Å². The molecular formula is C24H36IN7. The molecule has 0 bridgehead atoms. The summed E-state index contributed by atoms with van der Waals surface area (Å²) < 4.78 is 0. The van der Waals surface area contributed by atoms with Crippen molar-refractivity contribution in [3.63, 3.8) is 0 Å². The standard InChI is InChI=1S/C24H35N7.HI/c1-2-25-23(30-15-17-31(18-16-30)24-26-11-6-12-27-24)28-19-21-7-9-22(10-8-21)20-29-13-4-3-5-14-29;/h6-12H,2-5,13-20H2,1H3,(H,25,28);1H. The van der Waals surface area contributed by atoms with E-state index >= 15 is 0 Å². The van der Waals surface area contributed by atoms with Gasteiger partial charge in [0.1, 0.15) is 0 Å². The first kappa shape index (κ1) is 24.7. The molecule has 2 aliphatic rings. The molecule has 8 heteroatoms. The number of hydrogen-bond acceptors (Lipinski definition) is 5. The molecule has 4 rings (SSSR count). The van der Waals surface area contributed by atoms with Crippen molar-refractivity contribution in [3.05, 3.63) is 53.9 Å². The van der Waals surface area contributed by atoms with Gasteiger partial charge in [-0.05, 0) is 50.0 Å². The summed E-state index contributed by atoms with van der Waals surface area (Å²) in [6.45, 7) is 10.9. The van der Waals surface area contributed by atoms with Crippen molar-refractivity contribution < 1.29 is 0 Å². The van der Waals surface area contributed by atoms with Gasteiger partial charge in [0.25, 0.3) is 0 Å². The summed E-state index contributed by atoms with van der Waals surface area (Å²) in [4.78, 5) is 20.8. The lowest BCUT2D eigenvalue weighted by Crippen LogP contribution is -2.52. The second-order valence-corrected chi connectivity index (χ2v) is 8.35. The van der Waals surface area contributed by atoms with Gasteiger partial charge in [-0.15, -0.1) is 24.0 Å². The lowest BCUT2D eigenvalue weighted by Gasteiger charge is -2.36. The maximum absolute atomic E-state index is 4.92. The average molecular weight is 550 g/mol. The SMILES string of the molecule is CCNC(=NCc1ccc(CN2CCCCC2)cc1)N1CCN(c2ncccn2)CC1.I. The second kappa shape index (κ2) is 12.9. The number of piperidine rings is 1. The molecule has 32 heavy (non-hydrogen) atoms. The van der Waals surface area contributed by atoms with Gasteiger partial charge in [0.15, 0.2) is 5.96 Å². The average Bonchev–Trinajstić information content (AvgIpc) is 2.84. The highest BCUT2D eigenvalue weighted by Crippen LogP contribution is 2.14. The predicted molar refractivity (Wildman–Crippen MR) is 142 cm³/mol. The Labute approximate surface area is 209 Å². The molecule has 2 aliphatic heterocycles. The molecular weight excluding hydrogens is 513 g/mol. The summed E-state index contributed by atoms with van der Waals surface area (Å²) in [5, 5.41) is 3.46. The van der Waals surface area contributed by atoms with Crippen LogP contribution in [-0.2, 0) is 13.1 Å². The Hall–Kier alpha value is -1.94. The summed E-state index contributed by atoms with van der Waals surface area (Å²) >= 11 is 0. The van der Waals surface area contributed by atoms with Crippen molar-refractivity contribution in [1.82, 2.24) is 25.1 Å².